The monoisotopic (exact) mass is 478 g/mol. The molecule has 0 spiro atoms. The Labute approximate surface area is 191 Å². The molecule has 0 aliphatic carbocycles. The van der Waals surface area contributed by atoms with Gasteiger partial charge in [-0.25, -0.2) is 4.83 Å². The van der Waals surface area contributed by atoms with Crippen LogP contribution in [0, 0.1) is 6.92 Å². The number of nitrogens with one attached hydrogen (secondary N) is 1. The van der Waals surface area contributed by atoms with Gasteiger partial charge in [0.05, 0.1) is 28.3 Å². The van der Waals surface area contributed by atoms with E-state index in [0.29, 0.717) is 27.1 Å². The number of ether oxygens (including phenoxy) is 2. The van der Waals surface area contributed by atoms with Gasteiger partial charge in [0, 0.05) is 0 Å². The molecule has 0 atom stereocenters. The second kappa shape index (κ2) is 10.0. The predicted octanol–water partition coefficient (Wildman–Crippen LogP) is 5.20. The summed E-state index contributed by atoms with van der Waals surface area (Å²) in [5, 5.41) is 4.77. The maximum absolute atomic E-state index is 12.3. The fourth-order valence-corrected chi connectivity index (χ4v) is 3.73. The van der Waals surface area contributed by atoms with Gasteiger partial charge in [-0.2, -0.15) is 13.5 Å². The van der Waals surface area contributed by atoms with Crippen LogP contribution in [0.1, 0.15) is 16.7 Å². The maximum atomic E-state index is 12.3. The van der Waals surface area contributed by atoms with E-state index in [1.54, 1.807) is 42.5 Å². The molecular formula is C22H20Cl2N2O4S. The van der Waals surface area contributed by atoms with Crippen LogP contribution < -0.4 is 14.3 Å². The number of rotatable bonds is 8. The van der Waals surface area contributed by atoms with Crippen LogP contribution in [0.2, 0.25) is 10.0 Å². The van der Waals surface area contributed by atoms with Crippen LogP contribution in [0.15, 0.2) is 70.7 Å². The van der Waals surface area contributed by atoms with Crippen molar-refractivity contribution in [3.63, 3.8) is 0 Å². The van der Waals surface area contributed by atoms with E-state index in [2.05, 4.69) is 9.93 Å². The van der Waals surface area contributed by atoms with Gasteiger partial charge in [0.2, 0.25) is 0 Å². The van der Waals surface area contributed by atoms with E-state index < -0.39 is 10.0 Å². The largest absolute Gasteiger partial charge is 0.493 e. The van der Waals surface area contributed by atoms with Crippen LogP contribution in [0.25, 0.3) is 0 Å². The Morgan fingerprint density at radius 3 is 2.39 bits per heavy atom. The number of methoxy groups -OCH3 is 1. The zero-order valence-electron chi connectivity index (χ0n) is 16.8. The molecule has 0 aliphatic rings. The zero-order valence-corrected chi connectivity index (χ0v) is 19.1. The lowest BCUT2D eigenvalue weighted by Gasteiger charge is -2.12. The van der Waals surface area contributed by atoms with Crippen LogP contribution in [0.5, 0.6) is 11.5 Å². The van der Waals surface area contributed by atoms with Crippen molar-refractivity contribution in [2.24, 2.45) is 5.10 Å². The highest BCUT2D eigenvalue weighted by Crippen LogP contribution is 2.29. The molecule has 0 radical (unpaired) electrons. The number of halogens is 2. The lowest BCUT2D eigenvalue weighted by Crippen LogP contribution is -2.18. The third-order valence-corrected chi connectivity index (χ3v) is 6.26. The quantitative estimate of drug-likeness (QED) is 0.356. The van der Waals surface area contributed by atoms with Crippen molar-refractivity contribution in [2.75, 3.05) is 7.11 Å². The average molecular weight is 479 g/mol. The molecule has 162 valence electrons. The van der Waals surface area contributed by atoms with Crippen molar-refractivity contribution in [2.45, 2.75) is 18.4 Å². The van der Waals surface area contributed by atoms with Gasteiger partial charge in [0.15, 0.2) is 11.5 Å². The molecule has 3 rings (SSSR count). The van der Waals surface area contributed by atoms with Gasteiger partial charge in [-0.1, -0.05) is 47.0 Å². The maximum Gasteiger partial charge on any atom is 0.276 e. The van der Waals surface area contributed by atoms with Crippen molar-refractivity contribution in [3.8, 4) is 11.5 Å². The first kappa shape index (κ1) is 22.9. The second-order valence-electron chi connectivity index (χ2n) is 6.61. The third-order valence-electron chi connectivity index (χ3n) is 4.28. The Morgan fingerprint density at radius 2 is 1.71 bits per heavy atom. The van der Waals surface area contributed by atoms with Gasteiger partial charge in [-0.15, -0.1) is 0 Å². The summed E-state index contributed by atoms with van der Waals surface area (Å²) in [6, 6.07) is 16.9. The minimum Gasteiger partial charge on any atom is -0.493 e. The van der Waals surface area contributed by atoms with E-state index in [9.17, 15) is 8.42 Å². The molecule has 31 heavy (non-hydrogen) atoms. The van der Waals surface area contributed by atoms with Crippen LogP contribution in [-0.2, 0) is 16.6 Å². The number of hydrogen-bond donors (Lipinski definition) is 1. The average Bonchev–Trinajstić information content (AvgIpc) is 2.75. The summed E-state index contributed by atoms with van der Waals surface area (Å²) in [4.78, 5) is 2.34. The van der Waals surface area contributed by atoms with Crippen molar-refractivity contribution in [1.29, 1.82) is 0 Å². The highest BCUT2D eigenvalue weighted by Gasteiger charge is 2.12. The predicted molar refractivity (Wildman–Crippen MR) is 123 cm³/mol. The van der Waals surface area contributed by atoms with E-state index >= 15 is 0 Å². The Kier molecular flexibility index (Phi) is 7.43. The molecule has 0 amide bonds. The number of hydrazone groups is 1. The van der Waals surface area contributed by atoms with Gasteiger partial charge in [-0.3, -0.25) is 0 Å². The Bertz CT molecular complexity index is 1200. The summed E-state index contributed by atoms with van der Waals surface area (Å²) >= 11 is 12.0. The molecule has 0 fully saturated rings. The third kappa shape index (κ3) is 6.13. The van der Waals surface area contributed by atoms with E-state index in [4.69, 9.17) is 32.7 Å². The molecule has 1 N–H and O–H groups in total. The van der Waals surface area contributed by atoms with E-state index in [1.807, 2.05) is 13.0 Å². The summed E-state index contributed by atoms with van der Waals surface area (Å²) in [5.74, 6) is 0.997. The van der Waals surface area contributed by atoms with Crippen molar-refractivity contribution >= 4 is 39.4 Å². The summed E-state index contributed by atoms with van der Waals surface area (Å²) in [7, 11) is -2.22. The first-order valence-corrected chi connectivity index (χ1v) is 11.4. The molecule has 0 aromatic heterocycles. The van der Waals surface area contributed by atoms with Crippen molar-refractivity contribution < 1.29 is 17.9 Å². The topological polar surface area (TPSA) is 77.0 Å². The molecular weight excluding hydrogens is 459 g/mol. The van der Waals surface area contributed by atoms with Crippen molar-refractivity contribution in [3.05, 3.63) is 87.4 Å². The summed E-state index contributed by atoms with van der Waals surface area (Å²) < 4.78 is 35.8. The highest BCUT2D eigenvalue weighted by molar-refractivity contribution is 7.89. The molecule has 0 heterocycles. The van der Waals surface area contributed by atoms with Gasteiger partial charge >= 0.3 is 0 Å². The van der Waals surface area contributed by atoms with Gasteiger partial charge in [0.1, 0.15) is 6.61 Å². The Morgan fingerprint density at radius 1 is 0.968 bits per heavy atom. The van der Waals surface area contributed by atoms with E-state index in [-0.39, 0.29) is 11.5 Å². The smallest absolute Gasteiger partial charge is 0.276 e. The lowest BCUT2D eigenvalue weighted by atomic mass is 10.2. The van der Waals surface area contributed by atoms with Crippen LogP contribution in [0.4, 0.5) is 0 Å². The minimum atomic E-state index is -3.74. The number of benzene rings is 3. The Balaban J connectivity index is 1.67. The molecule has 9 heteroatoms. The summed E-state index contributed by atoms with van der Waals surface area (Å²) in [5.41, 5.74) is 2.45. The standard InChI is InChI=1S/C22H20Cl2N2O4S/c1-15-3-7-18(8-4-15)31(27,28)26-25-13-16-6-10-21(22(12-16)29-2)30-14-17-5-9-19(23)20(24)11-17/h3-13,26H,14H2,1-2H3. The molecule has 0 saturated carbocycles. The molecule has 0 unspecified atom stereocenters. The lowest BCUT2D eigenvalue weighted by molar-refractivity contribution is 0.284. The van der Waals surface area contributed by atoms with Crippen LogP contribution in [-0.4, -0.2) is 21.7 Å². The minimum absolute atomic E-state index is 0.138. The number of hydrogen-bond acceptors (Lipinski definition) is 5. The Hall–Kier alpha value is -2.74. The molecule has 0 aliphatic heterocycles. The highest BCUT2D eigenvalue weighted by atomic mass is 35.5. The normalized spacial score (nSPS) is 11.5. The van der Waals surface area contributed by atoms with Gasteiger partial charge < -0.3 is 9.47 Å². The first-order valence-electron chi connectivity index (χ1n) is 9.15. The fourth-order valence-electron chi connectivity index (χ4n) is 2.61. The SMILES string of the molecule is COc1cc(C=NNS(=O)(=O)c2ccc(C)cc2)ccc1OCc1ccc(Cl)c(Cl)c1. The molecule has 6 nitrogen and oxygen atoms in total. The van der Waals surface area contributed by atoms with E-state index in [1.165, 1.54) is 25.5 Å². The zero-order chi connectivity index (χ0) is 22.4. The van der Waals surface area contributed by atoms with Gasteiger partial charge in [-0.05, 0) is 60.5 Å². The number of nitrogens with zero attached hydrogens (tertiary/aromatic N) is 1. The molecule has 0 bridgehead atoms. The summed E-state index contributed by atoms with van der Waals surface area (Å²) in [6.07, 6.45) is 1.39. The van der Waals surface area contributed by atoms with Gasteiger partial charge in [0.25, 0.3) is 10.0 Å². The number of sulfonamides is 1. The molecule has 3 aromatic carbocycles. The first-order chi connectivity index (χ1) is 14.8. The van der Waals surface area contributed by atoms with Crippen LogP contribution >= 0.6 is 23.2 Å². The fraction of sp³-hybridized carbons (Fsp3) is 0.136. The van der Waals surface area contributed by atoms with Crippen LogP contribution in [0.3, 0.4) is 0 Å². The number of aryl methyl sites for hydroxylation is 1. The van der Waals surface area contributed by atoms with E-state index in [0.717, 1.165) is 11.1 Å². The molecule has 0 saturated heterocycles. The summed E-state index contributed by atoms with van der Waals surface area (Å²) in [6.45, 7) is 2.16. The molecule has 3 aromatic rings. The second-order valence-corrected chi connectivity index (χ2v) is 9.09. The van der Waals surface area contributed by atoms with Crippen molar-refractivity contribution in [1.82, 2.24) is 4.83 Å².